The van der Waals surface area contributed by atoms with E-state index in [1.807, 2.05) is 0 Å². The van der Waals surface area contributed by atoms with E-state index in [1.165, 1.54) is 23.1 Å². The lowest BCUT2D eigenvalue weighted by Gasteiger charge is -2.29. The monoisotopic (exact) mass is 555 g/mol. The van der Waals surface area contributed by atoms with Gasteiger partial charge in [-0.05, 0) is 42.2 Å². The van der Waals surface area contributed by atoms with Crippen LogP contribution in [0.25, 0.3) is 0 Å². The summed E-state index contributed by atoms with van der Waals surface area (Å²) in [4.78, 5) is 52.8. The third-order valence-corrected chi connectivity index (χ3v) is 7.56. The molecule has 0 spiro atoms. The largest absolute Gasteiger partial charge is 0.492 e. The Hall–Kier alpha value is -3.70. The summed E-state index contributed by atoms with van der Waals surface area (Å²) in [6.07, 6.45) is 0.0886. The van der Waals surface area contributed by atoms with Gasteiger partial charge in [0.1, 0.15) is 18.4 Å². The van der Waals surface area contributed by atoms with Gasteiger partial charge < -0.3 is 14.4 Å². The van der Waals surface area contributed by atoms with E-state index in [0.29, 0.717) is 43.1 Å². The molecule has 2 aromatic carbocycles. The quantitative estimate of drug-likeness (QED) is 0.449. The average molecular weight is 556 g/mol. The summed E-state index contributed by atoms with van der Waals surface area (Å²) in [5.74, 6) is -5.79. The Balaban J connectivity index is 1.17. The number of ketones is 1. The second kappa shape index (κ2) is 11.8. The van der Waals surface area contributed by atoms with Gasteiger partial charge in [-0.2, -0.15) is 8.78 Å². The van der Waals surface area contributed by atoms with Gasteiger partial charge in [-0.1, -0.05) is 24.3 Å². The summed E-state index contributed by atoms with van der Waals surface area (Å²) in [6.45, 7) is 4.09. The van der Waals surface area contributed by atoms with Crippen molar-refractivity contribution in [3.63, 3.8) is 0 Å². The number of amides is 3. The van der Waals surface area contributed by atoms with Crippen molar-refractivity contribution in [1.82, 2.24) is 15.1 Å². The first-order valence-corrected chi connectivity index (χ1v) is 13.4. The molecule has 11 heteroatoms. The SMILES string of the molecule is O=C1CCC(N2Cc3cc(CCC(=O)C(F)(F)c4cccc(OCCN5CCOCC5)c4)ccc3C2=O)C(=O)N1. The lowest BCUT2D eigenvalue weighted by Crippen LogP contribution is -2.52. The first kappa shape index (κ1) is 27.9. The minimum absolute atomic E-state index is 0.0735. The molecule has 0 aliphatic carbocycles. The van der Waals surface area contributed by atoms with E-state index < -0.39 is 35.6 Å². The van der Waals surface area contributed by atoms with Crippen molar-refractivity contribution in [3.8, 4) is 5.75 Å². The van der Waals surface area contributed by atoms with Crippen molar-refractivity contribution in [3.05, 3.63) is 64.7 Å². The number of benzene rings is 2. The standard InChI is InChI=1S/C29H31F2N3O6/c30-29(31,21-2-1-3-22(17-21)40-15-12-33-10-13-39-14-11-33)25(35)8-5-19-4-6-23-20(16-19)18-34(28(23)38)24-7-9-26(36)32-27(24)37/h1-4,6,16-17,24H,5,7-15,18H2,(H,32,36,37). The third-order valence-electron chi connectivity index (χ3n) is 7.56. The molecule has 2 fully saturated rings. The Bertz CT molecular complexity index is 1310. The highest BCUT2D eigenvalue weighted by molar-refractivity contribution is 6.05. The van der Waals surface area contributed by atoms with Crippen LogP contribution >= 0.6 is 0 Å². The molecule has 9 nitrogen and oxygen atoms in total. The topological polar surface area (TPSA) is 105 Å². The molecular weight excluding hydrogens is 524 g/mol. The predicted octanol–water partition coefficient (Wildman–Crippen LogP) is 2.45. The first-order valence-electron chi connectivity index (χ1n) is 13.4. The van der Waals surface area contributed by atoms with Gasteiger partial charge in [0, 0.05) is 50.1 Å². The number of nitrogens with one attached hydrogen (secondary N) is 1. The van der Waals surface area contributed by atoms with Crippen LogP contribution in [0.5, 0.6) is 5.75 Å². The van der Waals surface area contributed by atoms with Crippen molar-refractivity contribution in [1.29, 1.82) is 0 Å². The summed E-state index contributed by atoms with van der Waals surface area (Å²) in [7, 11) is 0. The number of fused-ring (bicyclic) bond motifs is 1. The number of hydrogen-bond donors (Lipinski definition) is 1. The summed E-state index contributed by atoms with van der Waals surface area (Å²) in [5, 5.41) is 2.26. The summed E-state index contributed by atoms with van der Waals surface area (Å²) >= 11 is 0. The lowest BCUT2D eigenvalue weighted by molar-refractivity contribution is -0.144. The van der Waals surface area contributed by atoms with Gasteiger partial charge in [-0.3, -0.25) is 29.4 Å². The molecule has 2 aromatic rings. The minimum atomic E-state index is -3.68. The number of aryl methyl sites for hydroxylation is 1. The number of carbonyl (C=O) groups is 4. The zero-order valence-corrected chi connectivity index (χ0v) is 22.0. The number of piperidine rings is 1. The van der Waals surface area contributed by atoms with Gasteiger partial charge in [0.25, 0.3) is 5.91 Å². The average Bonchev–Trinajstić information content (AvgIpc) is 3.27. The van der Waals surface area contributed by atoms with Crippen LogP contribution in [-0.4, -0.2) is 78.8 Å². The molecule has 0 saturated carbocycles. The van der Waals surface area contributed by atoms with Crippen molar-refractivity contribution in [2.45, 2.75) is 44.2 Å². The van der Waals surface area contributed by atoms with Gasteiger partial charge >= 0.3 is 5.92 Å². The molecule has 212 valence electrons. The highest BCUT2D eigenvalue weighted by Gasteiger charge is 2.41. The fourth-order valence-electron chi connectivity index (χ4n) is 5.26. The molecule has 1 N–H and O–H groups in total. The van der Waals surface area contributed by atoms with E-state index in [0.717, 1.165) is 13.1 Å². The molecule has 1 atom stereocenters. The molecule has 5 rings (SSSR count). The second-order valence-electron chi connectivity index (χ2n) is 10.2. The van der Waals surface area contributed by atoms with Crippen molar-refractivity contribution in [2.24, 2.45) is 0 Å². The maximum atomic E-state index is 15.1. The number of hydrogen-bond acceptors (Lipinski definition) is 7. The van der Waals surface area contributed by atoms with Crippen LogP contribution in [0, 0.1) is 0 Å². The summed E-state index contributed by atoms with van der Waals surface area (Å²) in [6, 6.07) is 9.69. The van der Waals surface area contributed by atoms with Gasteiger partial charge in [0.2, 0.25) is 17.6 Å². The number of alkyl halides is 2. The van der Waals surface area contributed by atoms with E-state index in [-0.39, 0.29) is 43.4 Å². The molecule has 3 aliphatic rings. The number of rotatable bonds is 10. The molecular formula is C29H31F2N3O6. The van der Waals surface area contributed by atoms with Crippen LogP contribution in [0.15, 0.2) is 42.5 Å². The first-order chi connectivity index (χ1) is 19.2. The van der Waals surface area contributed by atoms with Crippen LogP contribution in [0.1, 0.15) is 46.3 Å². The molecule has 2 saturated heterocycles. The minimum Gasteiger partial charge on any atom is -0.492 e. The zero-order valence-electron chi connectivity index (χ0n) is 22.0. The highest BCUT2D eigenvalue weighted by atomic mass is 19.3. The van der Waals surface area contributed by atoms with Crippen LogP contribution in [0.3, 0.4) is 0 Å². The number of ether oxygens (including phenoxy) is 2. The number of Topliss-reactive ketones (excluding diaryl/α,β-unsaturated/α-hetero) is 1. The third kappa shape index (κ3) is 6.05. The molecule has 3 heterocycles. The van der Waals surface area contributed by atoms with Gasteiger partial charge in [0.15, 0.2) is 0 Å². The summed E-state index contributed by atoms with van der Waals surface area (Å²) < 4.78 is 41.2. The van der Waals surface area contributed by atoms with Crippen LogP contribution < -0.4 is 10.1 Å². The molecule has 0 aromatic heterocycles. The normalized spacial score (nSPS) is 19.9. The molecule has 3 aliphatic heterocycles. The Morgan fingerprint density at radius 2 is 1.90 bits per heavy atom. The van der Waals surface area contributed by atoms with E-state index in [9.17, 15) is 19.2 Å². The van der Waals surface area contributed by atoms with E-state index in [1.54, 1.807) is 24.3 Å². The van der Waals surface area contributed by atoms with E-state index in [4.69, 9.17) is 9.47 Å². The second-order valence-corrected chi connectivity index (χ2v) is 10.2. The fraction of sp³-hybridized carbons (Fsp3) is 0.448. The highest BCUT2D eigenvalue weighted by Crippen LogP contribution is 2.33. The number of imide groups is 1. The van der Waals surface area contributed by atoms with Gasteiger partial charge in [-0.25, -0.2) is 0 Å². The Morgan fingerprint density at radius 3 is 2.67 bits per heavy atom. The number of carbonyl (C=O) groups excluding carboxylic acids is 4. The lowest BCUT2D eigenvalue weighted by atomic mass is 9.97. The van der Waals surface area contributed by atoms with Gasteiger partial charge in [-0.15, -0.1) is 0 Å². The molecule has 3 amide bonds. The molecule has 1 unspecified atom stereocenters. The van der Waals surface area contributed by atoms with Crippen molar-refractivity contribution < 1.29 is 37.4 Å². The Kier molecular flexibility index (Phi) is 8.22. The predicted molar refractivity (Wildman–Crippen MR) is 139 cm³/mol. The van der Waals surface area contributed by atoms with Crippen molar-refractivity contribution in [2.75, 3.05) is 39.5 Å². The molecule has 40 heavy (non-hydrogen) atoms. The fourth-order valence-corrected chi connectivity index (χ4v) is 5.26. The van der Waals surface area contributed by atoms with Crippen LogP contribution in [0.2, 0.25) is 0 Å². The maximum Gasteiger partial charge on any atom is 0.330 e. The Morgan fingerprint density at radius 1 is 1.10 bits per heavy atom. The number of morpholine rings is 1. The molecule has 0 radical (unpaired) electrons. The smallest absolute Gasteiger partial charge is 0.330 e. The van der Waals surface area contributed by atoms with E-state index in [2.05, 4.69) is 10.2 Å². The zero-order chi connectivity index (χ0) is 28.3. The number of halogens is 2. The van der Waals surface area contributed by atoms with E-state index >= 15 is 8.78 Å². The van der Waals surface area contributed by atoms with Crippen molar-refractivity contribution >= 4 is 23.5 Å². The molecule has 0 bridgehead atoms. The van der Waals surface area contributed by atoms with Crippen LogP contribution in [-0.2, 0) is 38.0 Å². The van der Waals surface area contributed by atoms with Crippen LogP contribution in [0.4, 0.5) is 8.78 Å². The number of nitrogens with zero attached hydrogens (tertiary/aromatic N) is 2. The summed E-state index contributed by atoms with van der Waals surface area (Å²) in [5.41, 5.74) is 1.31. The van der Waals surface area contributed by atoms with Gasteiger partial charge in [0.05, 0.1) is 13.2 Å². The maximum absolute atomic E-state index is 15.1. The Labute approximate surface area is 230 Å².